The topological polar surface area (TPSA) is 76.4 Å². The van der Waals surface area contributed by atoms with Gasteiger partial charge in [0.1, 0.15) is 5.69 Å². The van der Waals surface area contributed by atoms with Crippen LogP contribution in [-0.4, -0.2) is 20.6 Å². The standard InChI is InChI=1S/C17H24N4O/c1-6-21-15(16(22)14(20-21)11(2)19-18)12-7-9-13(10-8-12)17(3,4)5/h7-10,22H,6,18H2,1-5H3. The fourth-order valence-corrected chi connectivity index (χ4v) is 2.40. The summed E-state index contributed by atoms with van der Waals surface area (Å²) >= 11 is 0. The predicted molar refractivity (Wildman–Crippen MR) is 90.1 cm³/mol. The van der Waals surface area contributed by atoms with Crippen molar-refractivity contribution in [2.24, 2.45) is 10.9 Å². The Morgan fingerprint density at radius 3 is 2.32 bits per heavy atom. The highest BCUT2D eigenvalue weighted by Gasteiger charge is 2.20. The van der Waals surface area contributed by atoms with Crippen LogP contribution in [0.5, 0.6) is 5.75 Å². The van der Waals surface area contributed by atoms with Crippen LogP contribution in [0.3, 0.4) is 0 Å². The molecule has 3 N–H and O–H groups in total. The largest absolute Gasteiger partial charge is 0.504 e. The number of rotatable bonds is 3. The highest BCUT2D eigenvalue weighted by Crippen LogP contribution is 2.34. The number of aryl methyl sites for hydroxylation is 1. The van der Waals surface area contributed by atoms with Crippen LogP contribution in [0.1, 0.15) is 45.9 Å². The molecule has 0 atom stereocenters. The van der Waals surface area contributed by atoms with E-state index in [4.69, 9.17) is 5.84 Å². The number of hydrogen-bond acceptors (Lipinski definition) is 4. The van der Waals surface area contributed by atoms with E-state index in [1.807, 2.05) is 19.1 Å². The van der Waals surface area contributed by atoms with E-state index >= 15 is 0 Å². The lowest BCUT2D eigenvalue weighted by Gasteiger charge is -2.19. The minimum absolute atomic E-state index is 0.0968. The summed E-state index contributed by atoms with van der Waals surface area (Å²) in [5.41, 5.74) is 3.91. The molecule has 0 saturated carbocycles. The first kappa shape index (κ1) is 16.1. The zero-order chi connectivity index (χ0) is 16.5. The molecule has 2 rings (SSSR count). The second-order valence-electron chi connectivity index (χ2n) is 6.40. The second-order valence-corrected chi connectivity index (χ2v) is 6.40. The lowest BCUT2D eigenvalue weighted by Crippen LogP contribution is -2.10. The van der Waals surface area contributed by atoms with Gasteiger partial charge in [0, 0.05) is 12.1 Å². The average Bonchev–Trinajstić information content (AvgIpc) is 2.82. The molecule has 0 aliphatic carbocycles. The van der Waals surface area contributed by atoms with E-state index < -0.39 is 0 Å². The maximum Gasteiger partial charge on any atom is 0.171 e. The smallest absolute Gasteiger partial charge is 0.171 e. The van der Waals surface area contributed by atoms with Crippen molar-refractivity contribution >= 4 is 5.71 Å². The van der Waals surface area contributed by atoms with Crippen LogP contribution in [0, 0.1) is 0 Å². The minimum atomic E-state index is 0.0968. The van der Waals surface area contributed by atoms with E-state index in [1.54, 1.807) is 11.6 Å². The summed E-state index contributed by atoms with van der Waals surface area (Å²) in [6.45, 7) is 10.9. The van der Waals surface area contributed by atoms with Gasteiger partial charge in [-0.2, -0.15) is 10.2 Å². The molecule has 1 aromatic heterocycles. The molecule has 0 saturated heterocycles. The van der Waals surface area contributed by atoms with Gasteiger partial charge in [-0.3, -0.25) is 4.68 Å². The molecule has 0 fully saturated rings. The van der Waals surface area contributed by atoms with Gasteiger partial charge in [0.25, 0.3) is 0 Å². The molecule has 1 heterocycles. The molecule has 5 heteroatoms. The third-order valence-corrected chi connectivity index (χ3v) is 3.79. The number of benzene rings is 1. The molecule has 5 nitrogen and oxygen atoms in total. The monoisotopic (exact) mass is 300 g/mol. The molecule has 0 bridgehead atoms. The molecule has 1 aromatic carbocycles. The Balaban J connectivity index is 2.55. The van der Waals surface area contributed by atoms with Gasteiger partial charge in [-0.25, -0.2) is 0 Å². The van der Waals surface area contributed by atoms with Crippen molar-refractivity contribution in [2.45, 2.75) is 46.6 Å². The lowest BCUT2D eigenvalue weighted by molar-refractivity contribution is 0.475. The summed E-state index contributed by atoms with van der Waals surface area (Å²) in [6.07, 6.45) is 0. The Morgan fingerprint density at radius 1 is 1.27 bits per heavy atom. The highest BCUT2D eigenvalue weighted by atomic mass is 16.3. The molecule has 0 amide bonds. The lowest BCUT2D eigenvalue weighted by atomic mass is 9.86. The number of aromatic nitrogens is 2. The molecule has 0 unspecified atom stereocenters. The van der Waals surface area contributed by atoms with E-state index in [-0.39, 0.29) is 11.2 Å². The maximum absolute atomic E-state index is 10.5. The Bertz CT molecular complexity index is 691. The highest BCUT2D eigenvalue weighted by molar-refractivity contribution is 6.00. The molecule has 118 valence electrons. The third kappa shape index (κ3) is 2.84. The molecule has 22 heavy (non-hydrogen) atoms. The summed E-state index contributed by atoms with van der Waals surface area (Å²) < 4.78 is 1.77. The fourth-order valence-electron chi connectivity index (χ4n) is 2.40. The molecular weight excluding hydrogens is 276 g/mol. The Hall–Kier alpha value is -2.30. The molecule has 0 aliphatic rings. The Kier molecular flexibility index (Phi) is 4.26. The average molecular weight is 300 g/mol. The van der Waals surface area contributed by atoms with Gasteiger partial charge in [-0.05, 0) is 24.8 Å². The van der Waals surface area contributed by atoms with Crippen molar-refractivity contribution in [2.75, 3.05) is 0 Å². The number of nitrogens with two attached hydrogens (primary N) is 1. The third-order valence-electron chi connectivity index (χ3n) is 3.79. The molecule has 0 radical (unpaired) electrons. The minimum Gasteiger partial charge on any atom is -0.504 e. The van der Waals surface area contributed by atoms with Gasteiger partial charge < -0.3 is 10.9 Å². The first-order chi connectivity index (χ1) is 10.3. The van der Waals surface area contributed by atoms with E-state index in [0.717, 1.165) is 5.56 Å². The van der Waals surface area contributed by atoms with Crippen LogP contribution < -0.4 is 5.84 Å². The van der Waals surface area contributed by atoms with Gasteiger partial charge in [-0.1, -0.05) is 45.0 Å². The van der Waals surface area contributed by atoms with Crippen LogP contribution in [0.4, 0.5) is 0 Å². The van der Waals surface area contributed by atoms with Crippen molar-refractivity contribution in [1.82, 2.24) is 9.78 Å². The van der Waals surface area contributed by atoms with Crippen molar-refractivity contribution in [3.8, 4) is 17.0 Å². The first-order valence-corrected chi connectivity index (χ1v) is 7.45. The fraction of sp³-hybridized carbons (Fsp3) is 0.412. The molecule has 0 aliphatic heterocycles. The second kappa shape index (κ2) is 5.83. The zero-order valence-corrected chi connectivity index (χ0v) is 13.9. The van der Waals surface area contributed by atoms with Gasteiger partial charge in [-0.15, -0.1) is 0 Å². The predicted octanol–water partition coefficient (Wildman–Crippen LogP) is 3.26. The van der Waals surface area contributed by atoms with E-state index in [9.17, 15) is 5.11 Å². The summed E-state index contributed by atoms with van der Waals surface area (Å²) in [6, 6.07) is 8.21. The van der Waals surface area contributed by atoms with Crippen molar-refractivity contribution < 1.29 is 5.11 Å². The molecule has 0 spiro atoms. The van der Waals surface area contributed by atoms with Gasteiger partial charge in [0.2, 0.25) is 0 Å². The summed E-state index contributed by atoms with van der Waals surface area (Å²) in [7, 11) is 0. The van der Waals surface area contributed by atoms with Crippen LogP contribution in [0.15, 0.2) is 29.4 Å². The Morgan fingerprint density at radius 2 is 1.86 bits per heavy atom. The summed E-state index contributed by atoms with van der Waals surface area (Å²) in [5.74, 6) is 5.43. The van der Waals surface area contributed by atoms with E-state index in [1.165, 1.54) is 5.56 Å². The van der Waals surface area contributed by atoms with Crippen LogP contribution in [0.25, 0.3) is 11.3 Å². The van der Waals surface area contributed by atoms with Gasteiger partial charge in [0.15, 0.2) is 11.4 Å². The summed E-state index contributed by atoms with van der Waals surface area (Å²) in [4.78, 5) is 0. The number of hydrogen-bond donors (Lipinski definition) is 2. The quantitative estimate of drug-likeness (QED) is 0.519. The van der Waals surface area contributed by atoms with E-state index in [2.05, 4.69) is 43.1 Å². The van der Waals surface area contributed by atoms with Crippen LogP contribution >= 0.6 is 0 Å². The molecular formula is C17H24N4O. The van der Waals surface area contributed by atoms with Crippen LogP contribution in [-0.2, 0) is 12.0 Å². The zero-order valence-electron chi connectivity index (χ0n) is 13.9. The van der Waals surface area contributed by atoms with Crippen LogP contribution in [0.2, 0.25) is 0 Å². The summed E-state index contributed by atoms with van der Waals surface area (Å²) in [5, 5.41) is 18.5. The Labute approximate surface area is 131 Å². The van der Waals surface area contributed by atoms with Crippen molar-refractivity contribution in [3.05, 3.63) is 35.5 Å². The van der Waals surface area contributed by atoms with E-state index in [0.29, 0.717) is 23.6 Å². The van der Waals surface area contributed by atoms with Gasteiger partial charge >= 0.3 is 0 Å². The number of hydrazone groups is 1. The van der Waals surface area contributed by atoms with Gasteiger partial charge in [0.05, 0.1) is 5.71 Å². The normalized spacial score (nSPS) is 12.7. The van der Waals surface area contributed by atoms with Crippen molar-refractivity contribution in [3.63, 3.8) is 0 Å². The first-order valence-electron chi connectivity index (χ1n) is 7.45. The number of nitrogens with zero attached hydrogens (tertiary/aromatic N) is 3. The molecule has 2 aromatic rings. The van der Waals surface area contributed by atoms with Crippen molar-refractivity contribution in [1.29, 1.82) is 0 Å². The SMILES string of the molecule is CCn1nc(C(C)=NN)c(O)c1-c1ccc(C(C)(C)C)cc1. The number of aromatic hydroxyl groups is 1. The maximum atomic E-state index is 10.5.